The summed E-state index contributed by atoms with van der Waals surface area (Å²) in [5, 5.41) is 11.1. The third kappa shape index (κ3) is 4.34. The Labute approximate surface area is 152 Å². The largest absolute Gasteiger partial charge is 0.336 e. The second kappa shape index (κ2) is 8.40. The topological polar surface area (TPSA) is 66.7 Å². The smallest absolute Gasteiger partial charge is 0.282 e. The van der Waals surface area contributed by atoms with Crippen LogP contribution >= 0.6 is 0 Å². The van der Waals surface area contributed by atoms with Crippen LogP contribution in [0.3, 0.4) is 0 Å². The molecule has 0 bridgehead atoms. The van der Waals surface area contributed by atoms with Gasteiger partial charge >= 0.3 is 0 Å². The van der Waals surface area contributed by atoms with Crippen molar-refractivity contribution in [2.75, 3.05) is 32.7 Å². The molecule has 2 aromatic rings. The maximum absolute atomic E-state index is 12.6. The number of hydrogen-bond donors (Lipinski definition) is 0. The molecule has 134 valence electrons. The summed E-state index contributed by atoms with van der Waals surface area (Å²) in [5.41, 5.74) is 1.19. The highest BCUT2D eigenvalue weighted by molar-refractivity contribution is 5.98. The molecule has 1 heterocycles. The predicted molar refractivity (Wildman–Crippen MR) is 101 cm³/mol. The highest BCUT2D eigenvalue weighted by atomic mass is 16.6. The van der Waals surface area contributed by atoms with Crippen LogP contribution in [-0.4, -0.2) is 53.4 Å². The molecular weight excluding hydrogens is 330 g/mol. The molecule has 0 aromatic heterocycles. The van der Waals surface area contributed by atoms with Gasteiger partial charge in [0.05, 0.1) is 4.92 Å². The number of amides is 1. The van der Waals surface area contributed by atoms with E-state index in [1.807, 2.05) is 18.2 Å². The van der Waals surface area contributed by atoms with E-state index in [1.54, 1.807) is 17.0 Å². The third-order valence-corrected chi connectivity index (χ3v) is 4.46. The maximum atomic E-state index is 12.6. The van der Waals surface area contributed by atoms with Gasteiger partial charge in [0.2, 0.25) is 0 Å². The number of benzene rings is 2. The normalized spacial score (nSPS) is 15.3. The lowest BCUT2D eigenvalue weighted by molar-refractivity contribution is -0.385. The van der Waals surface area contributed by atoms with Crippen LogP contribution in [0.2, 0.25) is 0 Å². The van der Waals surface area contributed by atoms with Crippen LogP contribution in [0.5, 0.6) is 0 Å². The summed E-state index contributed by atoms with van der Waals surface area (Å²) >= 11 is 0. The Morgan fingerprint density at radius 1 is 1.00 bits per heavy atom. The van der Waals surface area contributed by atoms with Gasteiger partial charge in [-0.05, 0) is 11.6 Å². The molecule has 1 saturated heterocycles. The first-order chi connectivity index (χ1) is 12.6. The Kier molecular flexibility index (Phi) is 5.76. The number of carbonyl (C=O) groups excluding carboxylic acids is 1. The second-order valence-electron chi connectivity index (χ2n) is 6.18. The second-order valence-corrected chi connectivity index (χ2v) is 6.18. The van der Waals surface area contributed by atoms with Crippen molar-refractivity contribution >= 4 is 17.7 Å². The van der Waals surface area contributed by atoms with Gasteiger partial charge in [-0.2, -0.15) is 0 Å². The summed E-state index contributed by atoms with van der Waals surface area (Å²) in [6.07, 6.45) is 4.21. The van der Waals surface area contributed by atoms with Crippen LogP contribution in [-0.2, 0) is 0 Å². The first-order valence-electron chi connectivity index (χ1n) is 8.62. The molecule has 2 aromatic carbocycles. The summed E-state index contributed by atoms with van der Waals surface area (Å²) in [6, 6.07) is 16.2. The van der Waals surface area contributed by atoms with Crippen molar-refractivity contribution in [2.24, 2.45) is 0 Å². The highest BCUT2D eigenvalue weighted by Crippen LogP contribution is 2.20. The lowest BCUT2D eigenvalue weighted by Crippen LogP contribution is -2.48. The van der Waals surface area contributed by atoms with Crippen LogP contribution in [0.4, 0.5) is 5.69 Å². The van der Waals surface area contributed by atoms with Crippen LogP contribution in [0, 0.1) is 10.1 Å². The average molecular weight is 351 g/mol. The van der Waals surface area contributed by atoms with E-state index in [2.05, 4.69) is 29.2 Å². The molecule has 0 spiro atoms. The first-order valence-corrected chi connectivity index (χ1v) is 8.62. The summed E-state index contributed by atoms with van der Waals surface area (Å²) < 4.78 is 0. The van der Waals surface area contributed by atoms with Crippen molar-refractivity contribution in [1.29, 1.82) is 0 Å². The molecule has 26 heavy (non-hydrogen) atoms. The fraction of sp³-hybridized carbons (Fsp3) is 0.250. The van der Waals surface area contributed by atoms with Gasteiger partial charge in [0.15, 0.2) is 0 Å². The van der Waals surface area contributed by atoms with Gasteiger partial charge < -0.3 is 4.90 Å². The van der Waals surface area contributed by atoms with Gasteiger partial charge in [0, 0.05) is 38.8 Å². The molecule has 0 unspecified atom stereocenters. The van der Waals surface area contributed by atoms with Crippen molar-refractivity contribution in [3.8, 4) is 0 Å². The van der Waals surface area contributed by atoms with Gasteiger partial charge in [-0.1, -0.05) is 54.6 Å². The Morgan fingerprint density at radius 3 is 2.35 bits per heavy atom. The Hall–Kier alpha value is -2.99. The number of hydrogen-bond acceptors (Lipinski definition) is 4. The van der Waals surface area contributed by atoms with Crippen molar-refractivity contribution in [2.45, 2.75) is 0 Å². The molecule has 0 aliphatic carbocycles. The van der Waals surface area contributed by atoms with E-state index in [0.29, 0.717) is 13.1 Å². The van der Waals surface area contributed by atoms with Gasteiger partial charge in [-0.3, -0.25) is 19.8 Å². The van der Waals surface area contributed by atoms with Gasteiger partial charge in [-0.25, -0.2) is 0 Å². The fourth-order valence-electron chi connectivity index (χ4n) is 3.02. The van der Waals surface area contributed by atoms with E-state index in [0.717, 1.165) is 25.2 Å². The summed E-state index contributed by atoms with van der Waals surface area (Å²) in [7, 11) is 0. The summed E-state index contributed by atoms with van der Waals surface area (Å²) in [6.45, 7) is 3.48. The van der Waals surface area contributed by atoms with E-state index in [1.165, 1.54) is 12.1 Å². The Balaban J connectivity index is 1.54. The maximum Gasteiger partial charge on any atom is 0.282 e. The van der Waals surface area contributed by atoms with Crippen LogP contribution in [0.25, 0.3) is 6.08 Å². The van der Waals surface area contributed by atoms with Crippen LogP contribution in [0.1, 0.15) is 15.9 Å². The number of nitrogens with zero attached hydrogens (tertiary/aromatic N) is 3. The summed E-state index contributed by atoms with van der Waals surface area (Å²) in [4.78, 5) is 27.2. The minimum Gasteiger partial charge on any atom is -0.336 e. The van der Waals surface area contributed by atoms with Crippen LogP contribution < -0.4 is 0 Å². The van der Waals surface area contributed by atoms with Crippen molar-refractivity contribution < 1.29 is 9.72 Å². The van der Waals surface area contributed by atoms with Crippen LogP contribution in [0.15, 0.2) is 60.7 Å². The number of nitro groups is 1. The fourth-order valence-corrected chi connectivity index (χ4v) is 3.02. The molecule has 0 N–H and O–H groups in total. The molecule has 6 heteroatoms. The van der Waals surface area contributed by atoms with E-state index in [-0.39, 0.29) is 17.2 Å². The zero-order valence-electron chi connectivity index (χ0n) is 14.5. The molecule has 1 amide bonds. The minimum atomic E-state index is -0.502. The Morgan fingerprint density at radius 2 is 1.65 bits per heavy atom. The molecular formula is C20H21N3O3. The molecule has 1 aliphatic rings. The van der Waals surface area contributed by atoms with E-state index in [4.69, 9.17) is 0 Å². The van der Waals surface area contributed by atoms with E-state index >= 15 is 0 Å². The zero-order valence-corrected chi connectivity index (χ0v) is 14.5. The molecule has 3 rings (SSSR count). The minimum absolute atomic E-state index is 0.134. The van der Waals surface area contributed by atoms with Gasteiger partial charge in [-0.15, -0.1) is 0 Å². The number of piperazine rings is 1. The number of rotatable bonds is 5. The van der Waals surface area contributed by atoms with Gasteiger partial charge in [0.1, 0.15) is 5.56 Å². The standard InChI is InChI=1S/C20H21N3O3/c24-20(18-10-4-5-11-19(18)23(25)26)22-15-13-21(14-16-22)12-6-9-17-7-2-1-3-8-17/h1-11H,12-16H2/b9-6-. The predicted octanol–water partition coefficient (Wildman–Crippen LogP) is 3.07. The molecule has 1 fully saturated rings. The lowest BCUT2D eigenvalue weighted by atomic mass is 10.1. The highest BCUT2D eigenvalue weighted by Gasteiger charge is 2.26. The zero-order chi connectivity index (χ0) is 18.4. The number of nitro benzene ring substituents is 1. The van der Waals surface area contributed by atoms with Crippen molar-refractivity contribution in [3.05, 3.63) is 81.9 Å². The van der Waals surface area contributed by atoms with E-state index in [9.17, 15) is 14.9 Å². The third-order valence-electron chi connectivity index (χ3n) is 4.46. The molecule has 0 radical (unpaired) electrons. The van der Waals surface area contributed by atoms with Gasteiger partial charge in [0.25, 0.3) is 11.6 Å². The number of para-hydroxylation sites is 1. The van der Waals surface area contributed by atoms with E-state index < -0.39 is 4.92 Å². The average Bonchev–Trinajstić information content (AvgIpc) is 2.69. The Bertz CT molecular complexity index is 797. The van der Waals surface area contributed by atoms with Crippen molar-refractivity contribution in [3.63, 3.8) is 0 Å². The van der Waals surface area contributed by atoms with Crippen molar-refractivity contribution in [1.82, 2.24) is 9.80 Å². The molecule has 1 aliphatic heterocycles. The number of carbonyl (C=O) groups is 1. The molecule has 0 saturated carbocycles. The SMILES string of the molecule is O=C(c1ccccc1[N+](=O)[O-])N1CCN(C/C=C\c2ccccc2)CC1. The first kappa shape index (κ1) is 17.8. The quantitative estimate of drug-likeness (QED) is 0.613. The molecule has 6 nitrogen and oxygen atoms in total. The molecule has 0 atom stereocenters. The monoisotopic (exact) mass is 351 g/mol. The lowest BCUT2D eigenvalue weighted by Gasteiger charge is -2.34. The summed E-state index contributed by atoms with van der Waals surface area (Å²) in [5.74, 6) is -0.267.